The summed E-state index contributed by atoms with van der Waals surface area (Å²) in [6, 6.07) is 19.9. The molecular formula is C23H23N3O5S. The van der Waals surface area contributed by atoms with Gasteiger partial charge in [0.2, 0.25) is 0 Å². The van der Waals surface area contributed by atoms with E-state index in [2.05, 4.69) is 16.2 Å². The lowest BCUT2D eigenvalue weighted by molar-refractivity contribution is -0.123. The summed E-state index contributed by atoms with van der Waals surface area (Å²) < 4.78 is 16.0. The van der Waals surface area contributed by atoms with Gasteiger partial charge in [0.05, 0.1) is 6.61 Å². The predicted octanol–water partition coefficient (Wildman–Crippen LogP) is 2.58. The van der Waals surface area contributed by atoms with E-state index in [1.165, 1.54) is 0 Å². The summed E-state index contributed by atoms with van der Waals surface area (Å²) in [5.74, 6) is 0.348. The maximum absolute atomic E-state index is 12.3. The fourth-order valence-corrected chi connectivity index (χ4v) is 2.92. The van der Waals surface area contributed by atoms with Crippen molar-refractivity contribution in [2.45, 2.75) is 0 Å². The van der Waals surface area contributed by atoms with Crippen LogP contribution in [0.15, 0.2) is 66.7 Å². The van der Waals surface area contributed by atoms with E-state index in [-0.39, 0.29) is 11.7 Å². The van der Waals surface area contributed by atoms with Crippen LogP contribution in [-0.2, 0) is 9.53 Å². The number of carbonyl (C=O) groups excluding carboxylic acids is 2. The zero-order valence-electron chi connectivity index (χ0n) is 17.4. The van der Waals surface area contributed by atoms with Gasteiger partial charge in [-0.25, -0.2) is 0 Å². The van der Waals surface area contributed by atoms with E-state index in [4.69, 9.17) is 26.4 Å². The Kier molecular flexibility index (Phi) is 8.36. The highest BCUT2D eigenvalue weighted by Crippen LogP contribution is 2.24. The van der Waals surface area contributed by atoms with E-state index >= 15 is 0 Å². The van der Waals surface area contributed by atoms with Crippen molar-refractivity contribution in [2.24, 2.45) is 0 Å². The third-order valence-electron chi connectivity index (χ3n) is 4.32. The topological polar surface area (TPSA) is 97.9 Å². The standard InChI is InChI=1S/C23H23N3O5S/c1-29-13-14-30-18-11-9-17(10-12-18)22(28)24-23(32)26-25-21(27)15-31-20-8-4-6-16-5-2-3-7-19(16)20/h2-12H,13-15H2,1H3,(H,25,27)(H2,24,26,28,32). The molecule has 8 nitrogen and oxygen atoms in total. The van der Waals surface area contributed by atoms with E-state index in [9.17, 15) is 9.59 Å². The molecule has 0 radical (unpaired) electrons. The molecule has 0 unspecified atom stereocenters. The number of ether oxygens (including phenoxy) is 3. The molecule has 3 aromatic carbocycles. The van der Waals surface area contributed by atoms with Crippen LogP contribution < -0.4 is 25.6 Å². The summed E-state index contributed by atoms with van der Waals surface area (Å²) in [6.45, 7) is 0.670. The summed E-state index contributed by atoms with van der Waals surface area (Å²) in [6.07, 6.45) is 0. The summed E-state index contributed by atoms with van der Waals surface area (Å²) in [4.78, 5) is 24.3. The second kappa shape index (κ2) is 11.6. The number of hydrogen-bond donors (Lipinski definition) is 3. The highest BCUT2D eigenvalue weighted by molar-refractivity contribution is 7.80. The van der Waals surface area contributed by atoms with Crippen molar-refractivity contribution in [1.29, 1.82) is 0 Å². The predicted molar refractivity (Wildman–Crippen MR) is 125 cm³/mol. The molecule has 0 atom stereocenters. The van der Waals surface area contributed by atoms with E-state index in [1.54, 1.807) is 37.4 Å². The van der Waals surface area contributed by atoms with Crippen LogP contribution in [-0.4, -0.2) is 43.9 Å². The van der Waals surface area contributed by atoms with Crippen molar-refractivity contribution >= 4 is 39.9 Å². The quantitative estimate of drug-likeness (QED) is 0.274. The van der Waals surface area contributed by atoms with Crippen molar-refractivity contribution < 1.29 is 23.8 Å². The molecule has 0 saturated carbocycles. The molecule has 0 saturated heterocycles. The van der Waals surface area contributed by atoms with Gasteiger partial charge in [0.15, 0.2) is 11.7 Å². The number of methoxy groups -OCH3 is 1. The summed E-state index contributed by atoms with van der Waals surface area (Å²) in [5, 5.41) is 4.37. The van der Waals surface area contributed by atoms with Crippen molar-refractivity contribution in [3.05, 3.63) is 72.3 Å². The molecule has 0 aromatic heterocycles. The van der Waals surface area contributed by atoms with E-state index < -0.39 is 11.8 Å². The van der Waals surface area contributed by atoms with Crippen LogP contribution in [0.25, 0.3) is 10.8 Å². The zero-order valence-corrected chi connectivity index (χ0v) is 18.2. The second-order valence-electron chi connectivity index (χ2n) is 6.59. The molecule has 0 aliphatic rings. The first-order chi connectivity index (χ1) is 15.6. The van der Waals surface area contributed by atoms with Gasteiger partial charge in [0.25, 0.3) is 11.8 Å². The third kappa shape index (κ3) is 6.66. The average Bonchev–Trinajstić information content (AvgIpc) is 2.82. The Morgan fingerprint density at radius 2 is 1.62 bits per heavy atom. The van der Waals surface area contributed by atoms with Crippen molar-refractivity contribution in [3.63, 3.8) is 0 Å². The lowest BCUT2D eigenvalue weighted by Crippen LogP contribution is -2.49. The maximum atomic E-state index is 12.3. The number of fused-ring (bicyclic) bond motifs is 1. The molecule has 0 bridgehead atoms. The average molecular weight is 454 g/mol. The number of benzene rings is 3. The molecular weight excluding hydrogens is 430 g/mol. The molecule has 9 heteroatoms. The number of thiocarbonyl (C=S) groups is 1. The van der Waals surface area contributed by atoms with Gasteiger partial charge in [-0.3, -0.25) is 25.8 Å². The second-order valence-corrected chi connectivity index (χ2v) is 7.00. The van der Waals surface area contributed by atoms with Crippen LogP contribution in [0.2, 0.25) is 0 Å². The molecule has 2 amide bonds. The Morgan fingerprint density at radius 3 is 2.41 bits per heavy atom. The van der Waals surface area contributed by atoms with Gasteiger partial charge in [-0.2, -0.15) is 0 Å². The molecule has 3 N–H and O–H groups in total. The van der Waals surface area contributed by atoms with E-state index in [1.807, 2.05) is 36.4 Å². The van der Waals surface area contributed by atoms with Gasteiger partial charge >= 0.3 is 0 Å². The number of nitrogens with one attached hydrogen (secondary N) is 3. The van der Waals surface area contributed by atoms with Crippen LogP contribution in [0.1, 0.15) is 10.4 Å². The Labute approximate surface area is 190 Å². The third-order valence-corrected chi connectivity index (χ3v) is 4.53. The van der Waals surface area contributed by atoms with Gasteiger partial charge < -0.3 is 14.2 Å². The highest BCUT2D eigenvalue weighted by Gasteiger charge is 2.10. The van der Waals surface area contributed by atoms with Gasteiger partial charge in [0, 0.05) is 18.1 Å². The fraction of sp³-hybridized carbons (Fsp3) is 0.174. The minimum Gasteiger partial charge on any atom is -0.491 e. The molecule has 0 spiro atoms. The van der Waals surface area contributed by atoms with Crippen LogP contribution in [0.4, 0.5) is 0 Å². The zero-order chi connectivity index (χ0) is 22.8. The smallest absolute Gasteiger partial charge is 0.276 e. The van der Waals surface area contributed by atoms with Gasteiger partial charge in [-0.15, -0.1) is 0 Å². The summed E-state index contributed by atoms with van der Waals surface area (Å²) in [7, 11) is 1.59. The number of rotatable bonds is 8. The number of carbonyl (C=O) groups is 2. The minimum absolute atomic E-state index is 0.0473. The SMILES string of the molecule is COCCOc1ccc(C(=O)NC(=S)NNC(=O)COc2cccc3ccccc23)cc1. The largest absolute Gasteiger partial charge is 0.491 e. The molecule has 166 valence electrons. The Balaban J connectivity index is 1.42. The van der Waals surface area contributed by atoms with Crippen molar-refractivity contribution in [2.75, 3.05) is 26.9 Å². The van der Waals surface area contributed by atoms with Crippen LogP contribution in [0, 0.1) is 0 Å². The summed E-state index contributed by atoms with van der Waals surface area (Å²) >= 11 is 5.05. The monoisotopic (exact) mass is 453 g/mol. The molecule has 0 aliphatic carbocycles. The van der Waals surface area contributed by atoms with Crippen molar-refractivity contribution in [3.8, 4) is 11.5 Å². The van der Waals surface area contributed by atoms with Crippen LogP contribution in [0.3, 0.4) is 0 Å². The van der Waals surface area contributed by atoms with Gasteiger partial charge in [0.1, 0.15) is 18.1 Å². The molecule has 0 fully saturated rings. The van der Waals surface area contributed by atoms with Crippen LogP contribution >= 0.6 is 12.2 Å². The molecule has 0 heterocycles. The number of hydrogen-bond acceptors (Lipinski definition) is 6. The fourth-order valence-electron chi connectivity index (χ4n) is 2.78. The molecule has 0 aliphatic heterocycles. The lowest BCUT2D eigenvalue weighted by Gasteiger charge is -2.12. The Bertz CT molecular complexity index is 1080. The normalized spacial score (nSPS) is 10.3. The van der Waals surface area contributed by atoms with E-state index in [0.29, 0.717) is 30.3 Å². The molecule has 3 aromatic rings. The minimum atomic E-state index is -0.452. The first-order valence-electron chi connectivity index (χ1n) is 9.79. The van der Waals surface area contributed by atoms with Gasteiger partial charge in [-0.05, 0) is 47.9 Å². The Morgan fingerprint density at radius 1 is 0.875 bits per heavy atom. The lowest BCUT2D eigenvalue weighted by atomic mass is 10.1. The van der Waals surface area contributed by atoms with Gasteiger partial charge in [-0.1, -0.05) is 36.4 Å². The van der Waals surface area contributed by atoms with Crippen LogP contribution in [0.5, 0.6) is 11.5 Å². The maximum Gasteiger partial charge on any atom is 0.276 e. The highest BCUT2D eigenvalue weighted by atomic mass is 32.1. The summed E-state index contributed by atoms with van der Waals surface area (Å²) in [5.41, 5.74) is 5.27. The first-order valence-corrected chi connectivity index (χ1v) is 10.2. The Hall–Kier alpha value is -3.69. The number of hydrazine groups is 1. The van der Waals surface area contributed by atoms with E-state index in [0.717, 1.165) is 10.8 Å². The number of amides is 2. The van der Waals surface area contributed by atoms with Crippen molar-refractivity contribution in [1.82, 2.24) is 16.2 Å². The first kappa shape index (κ1) is 23.0. The molecule has 3 rings (SSSR count). The molecule has 32 heavy (non-hydrogen) atoms.